The van der Waals surface area contributed by atoms with Gasteiger partial charge in [0, 0.05) is 18.3 Å². The van der Waals surface area contributed by atoms with Crippen molar-refractivity contribution in [1.82, 2.24) is 25.9 Å². The molecule has 1 rings (SSSR count). The summed E-state index contributed by atoms with van der Waals surface area (Å²) in [5.74, 6) is -4.19. The molecule has 14 heteroatoms. The maximum absolute atomic E-state index is 12.9. The van der Waals surface area contributed by atoms with Gasteiger partial charge in [0.05, 0.1) is 18.8 Å². The van der Waals surface area contributed by atoms with E-state index in [0.29, 0.717) is 25.1 Å². The van der Waals surface area contributed by atoms with Crippen LogP contribution < -0.4 is 33.2 Å². The molecule has 0 aromatic carbocycles. The number of aliphatic carboxylic acids is 1. The average Bonchev–Trinajstić information content (AvgIpc) is 3.23. The number of aromatic nitrogens is 2. The van der Waals surface area contributed by atoms with Crippen LogP contribution in [0.25, 0.3) is 0 Å². The summed E-state index contributed by atoms with van der Waals surface area (Å²) in [6.45, 7) is -0.254. The highest BCUT2D eigenvalue weighted by Crippen LogP contribution is 2.05. The van der Waals surface area contributed by atoms with Crippen molar-refractivity contribution in [2.45, 2.75) is 50.2 Å². The number of nitrogens with zero attached hydrogens (tertiary/aromatic N) is 1. The monoisotopic (exact) mass is 454 g/mol. The molecule has 0 aliphatic rings. The van der Waals surface area contributed by atoms with Gasteiger partial charge in [-0.2, -0.15) is 0 Å². The Morgan fingerprint density at radius 3 is 2.31 bits per heavy atom. The average molecular weight is 454 g/mol. The van der Waals surface area contributed by atoms with Crippen LogP contribution in [-0.4, -0.2) is 75.9 Å². The minimum absolute atomic E-state index is 0.00183. The number of primary amides is 1. The van der Waals surface area contributed by atoms with E-state index in [1.165, 1.54) is 12.5 Å². The quantitative estimate of drug-likeness (QED) is 0.122. The minimum atomic E-state index is -1.25. The van der Waals surface area contributed by atoms with Crippen molar-refractivity contribution < 1.29 is 29.1 Å². The summed E-state index contributed by atoms with van der Waals surface area (Å²) >= 11 is 0. The molecule has 32 heavy (non-hydrogen) atoms. The molecule has 0 radical (unpaired) electrons. The van der Waals surface area contributed by atoms with Crippen LogP contribution in [0, 0.1) is 0 Å². The molecule has 11 N–H and O–H groups in total. The van der Waals surface area contributed by atoms with Crippen molar-refractivity contribution >= 4 is 29.6 Å². The number of rotatable bonds is 15. The van der Waals surface area contributed by atoms with Gasteiger partial charge >= 0.3 is 5.97 Å². The Balaban J connectivity index is 2.92. The molecule has 0 aliphatic heterocycles. The van der Waals surface area contributed by atoms with Gasteiger partial charge in [0.25, 0.3) is 0 Å². The smallest absolute Gasteiger partial charge is 0.322 e. The summed E-state index contributed by atoms with van der Waals surface area (Å²) in [6.07, 6.45) is 3.72. The second kappa shape index (κ2) is 13.7. The third kappa shape index (κ3) is 9.99. The van der Waals surface area contributed by atoms with E-state index in [1.807, 2.05) is 0 Å². The lowest BCUT2D eigenvalue weighted by Crippen LogP contribution is -2.56. The second-order valence-electron chi connectivity index (χ2n) is 7.08. The molecule has 3 atom stereocenters. The first-order valence-corrected chi connectivity index (χ1v) is 9.95. The Morgan fingerprint density at radius 1 is 1.06 bits per heavy atom. The molecule has 1 aromatic heterocycles. The van der Waals surface area contributed by atoms with Gasteiger partial charge in [0.2, 0.25) is 23.6 Å². The zero-order chi connectivity index (χ0) is 24.1. The summed E-state index contributed by atoms with van der Waals surface area (Å²) in [4.78, 5) is 66.0. The van der Waals surface area contributed by atoms with Crippen LogP contribution in [0.4, 0.5) is 0 Å². The minimum Gasteiger partial charge on any atom is -0.480 e. The molecule has 1 aromatic rings. The molecular weight excluding hydrogens is 424 g/mol. The maximum Gasteiger partial charge on any atom is 0.322 e. The van der Waals surface area contributed by atoms with Gasteiger partial charge in [-0.25, -0.2) is 4.98 Å². The first-order valence-electron chi connectivity index (χ1n) is 9.95. The van der Waals surface area contributed by atoms with Gasteiger partial charge in [-0.15, -0.1) is 0 Å². The molecule has 0 spiro atoms. The summed E-state index contributed by atoms with van der Waals surface area (Å²) in [7, 11) is 0. The third-order valence-corrected chi connectivity index (χ3v) is 4.36. The summed E-state index contributed by atoms with van der Waals surface area (Å²) in [5, 5.41) is 16.0. The van der Waals surface area contributed by atoms with Crippen LogP contribution in [0.5, 0.6) is 0 Å². The predicted molar refractivity (Wildman–Crippen MR) is 111 cm³/mol. The number of carbonyl (C=O) groups excluding carboxylic acids is 4. The standard InChI is InChI=1S/C18H30N8O6/c19-4-2-1-3-12(25-16(30)11(20)6-14(21)27)18(32)26-13(5-10-7-22-9-24-10)17(31)23-8-15(28)29/h7,9,11-13H,1-6,8,19-20H2,(H2,21,27)(H,22,24)(H,23,31)(H,25,30)(H,26,32)(H,28,29). The highest BCUT2D eigenvalue weighted by atomic mass is 16.4. The number of hydrogen-bond donors (Lipinski definition) is 8. The number of hydrogen-bond acceptors (Lipinski definition) is 8. The van der Waals surface area contributed by atoms with E-state index < -0.39 is 60.7 Å². The van der Waals surface area contributed by atoms with Crippen LogP contribution in [0.3, 0.4) is 0 Å². The van der Waals surface area contributed by atoms with Crippen molar-refractivity contribution in [3.05, 3.63) is 18.2 Å². The van der Waals surface area contributed by atoms with Gasteiger partial charge in [0.15, 0.2) is 0 Å². The molecule has 0 saturated carbocycles. The van der Waals surface area contributed by atoms with E-state index in [9.17, 15) is 24.0 Å². The Hall–Kier alpha value is -3.52. The van der Waals surface area contributed by atoms with Crippen molar-refractivity contribution in [2.24, 2.45) is 17.2 Å². The molecule has 0 aliphatic carbocycles. The number of carbonyl (C=O) groups is 5. The largest absolute Gasteiger partial charge is 0.480 e. The fraction of sp³-hybridized carbons (Fsp3) is 0.556. The molecule has 0 saturated heterocycles. The van der Waals surface area contributed by atoms with Gasteiger partial charge in [0.1, 0.15) is 18.6 Å². The van der Waals surface area contributed by atoms with Crippen molar-refractivity contribution in [2.75, 3.05) is 13.1 Å². The van der Waals surface area contributed by atoms with Gasteiger partial charge < -0.3 is 43.2 Å². The number of amides is 4. The highest BCUT2D eigenvalue weighted by Gasteiger charge is 2.29. The summed E-state index contributed by atoms with van der Waals surface area (Å²) < 4.78 is 0. The van der Waals surface area contributed by atoms with E-state index in [0.717, 1.165) is 0 Å². The SMILES string of the molecule is NCCCCC(NC(=O)C(N)CC(N)=O)C(=O)NC(Cc1cnc[nH]1)C(=O)NCC(=O)O. The van der Waals surface area contributed by atoms with E-state index in [1.54, 1.807) is 0 Å². The topological polar surface area (TPSA) is 248 Å². The second-order valence-corrected chi connectivity index (χ2v) is 7.08. The zero-order valence-electron chi connectivity index (χ0n) is 17.5. The van der Waals surface area contributed by atoms with Crippen LogP contribution in [-0.2, 0) is 30.4 Å². The van der Waals surface area contributed by atoms with Crippen LogP contribution >= 0.6 is 0 Å². The van der Waals surface area contributed by atoms with Gasteiger partial charge in [-0.05, 0) is 25.8 Å². The molecule has 14 nitrogen and oxygen atoms in total. The maximum atomic E-state index is 12.9. The van der Waals surface area contributed by atoms with Crippen LogP contribution in [0.1, 0.15) is 31.4 Å². The molecule has 1 heterocycles. The fourth-order valence-electron chi connectivity index (χ4n) is 2.73. The predicted octanol–water partition coefficient (Wildman–Crippen LogP) is -3.55. The number of unbranched alkanes of at least 4 members (excludes halogenated alkanes) is 1. The van der Waals surface area contributed by atoms with Crippen molar-refractivity contribution in [1.29, 1.82) is 0 Å². The van der Waals surface area contributed by atoms with E-state index >= 15 is 0 Å². The summed E-state index contributed by atoms with van der Waals surface area (Å²) in [6, 6.07) is -3.45. The van der Waals surface area contributed by atoms with Crippen molar-refractivity contribution in [3.8, 4) is 0 Å². The summed E-state index contributed by atoms with van der Waals surface area (Å²) in [5.41, 5.74) is 16.7. The lowest BCUT2D eigenvalue weighted by Gasteiger charge is -2.24. The van der Waals surface area contributed by atoms with E-state index in [-0.39, 0.29) is 12.8 Å². The lowest BCUT2D eigenvalue weighted by atomic mass is 10.1. The zero-order valence-corrected chi connectivity index (χ0v) is 17.5. The number of carboxylic acids is 1. The van der Waals surface area contributed by atoms with Crippen molar-refractivity contribution in [3.63, 3.8) is 0 Å². The number of imidazole rings is 1. The number of H-pyrrole nitrogens is 1. The number of carboxylic acid groups (broad SMARTS) is 1. The first kappa shape index (κ1) is 26.5. The molecule has 3 unspecified atom stereocenters. The van der Waals surface area contributed by atoms with Gasteiger partial charge in [-0.3, -0.25) is 24.0 Å². The Morgan fingerprint density at radius 2 is 1.75 bits per heavy atom. The number of aromatic amines is 1. The van der Waals surface area contributed by atoms with Crippen LogP contribution in [0.15, 0.2) is 12.5 Å². The Kier molecular flexibility index (Phi) is 11.4. The molecule has 0 bridgehead atoms. The van der Waals surface area contributed by atoms with Gasteiger partial charge in [-0.1, -0.05) is 0 Å². The molecular formula is C18H30N8O6. The number of nitrogens with two attached hydrogens (primary N) is 3. The Labute approximate surface area is 184 Å². The first-order chi connectivity index (χ1) is 15.1. The van der Waals surface area contributed by atoms with Crippen LogP contribution in [0.2, 0.25) is 0 Å². The fourth-order valence-corrected chi connectivity index (χ4v) is 2.73. The lowest BCUT2D eigenvalue weighted by molar-refractivity contribution is -0.138. The molecule has 0 fully saturated rings. The number of nitrogens with one attached hydrogen (secondary N) is 4. The van der Waals surface area contributed by atoms with E-state index in [4.69, 9.17) is 22.3 Å². The highest BCUT2D eigenvalue weighted by molar-refractivity contribution is 5.94. The third-order valence-electron chi connectivity index (χ3n) is 4.36. The Bertz CT molecular complexity index is 784. The normalized spacial score (nSPS) is 13.4. The van der Waals surface area contributed by atoms with E-state index in [2.05, 4.69) is 25.9 Å². The molecule has 178 valence electrons. The molecule has 4 amide bonds.